The first-order chi connectivity index (χ1) is 20.6. The highest BCUT2D eigenvalue weighted by molar-refractivity contribution is 7.90. The number of carbonyl (C=O) groups excluding carboxylic acids is 1. The molecule has 44 heavy (non-hydrogen) atoms. The Labute approximate surface area is 249 Å². The van der Waals surface area contributed by atoms with Crippen molar-refractivity contribution in [2.24, 2.45) is 7.05 Å². The number of hydrogen-bond acceptors (Lipinski definition) is 9. The van der Waals surface area contributed by atoms with Crippen LogP contribution in [0.1, 0.15) is 40.5 Å². The quantitative estimate of drug-likeness (QED) is 0.275. The third kappa shape index (κ3) is 5.35. The number of aromatic nitrogens is 6. The Morgan fingerprint density at radius 1 is 1.14 bits per heavy atom. The number of nitrogens with one attached hydrogen (secondary N) is 2. The van der Waals surface area contributed by atoms with Crippen molar-refractivity contribution in [1.82, 2.24) is 34.8 Å². The predicted octanol–water partition coefficient (Wildman–Crippen LogP) is 4.07. The minimum atomic E-state index is -3.91. The number of hydrogen-bond donors (Lipinski definition) is 2. The molecule has 1 aromatic carbocycles. The van der Waals surface area contributed by atoms with Gasteiger partial charge in [-0.05, 0) is 37.8 Å². The zero-order valence-corrected chi connectivity index (χ0v) is 24.8. The summed E-state index contributed by atoms with van der Waals surface area (Å²) in [4.78, 5) is 24.1. The van der Waals surface area contributed by atoms with Gasteiger partial charge in [-0.25, -0.2) is 31.0 Å². The fraction of sp³-hybridized carbons (Fsp3) is 0.370. The maximum absolute atomic E-state index is 15.3. The zero-order chi connectivity index (χ0) is 31.7. The number of alkyl halides is 2. The molecule has 1 aliphatic heterocycles. The number of amides is 1. The minimum Gasteiger partial charge on any atom is -0.325 e. The number of likely N-dealkylation sites (tertiary alicyclic amines) is 1. The van der Waals surface area contributed by atoms with Gasteiger partial charge in [-0.1, -0.05) is 0 Å². The molecule has 2 fully saturated rings. The van der Waals surface area contributed by atoms with Crippen molar-refractivity contribution < 1.29 is 30.8 Å². The predicted molar refractivity (Wildman–Crippen MR) is 151 cm³/mol. The van der Waals surface area contributed by atoms with Crippen molar-refractivity contribution in [2.75, 3.05) is 36.6 Å². The molecule has 1 saturated carbocycles. The van der Waals surface area contributed by atoms with E-state index in [1.807, 2.05) is 0 Å². The van der Waals surface area contributed by atoms with Crippen molar-refractivity contribution in [2.45, 2.75) is 36.5 Å². The van der Waals surface area contributed by atoms with Gasteiger partial charge < -0.3 is 15.1 Å². The molecule has 0 radical (unpaired) electrons. The summed E-state index contributed by atoms with van der Waals surface area (Å²) in [5.74, 6) is -5.62. The van der Waals surface area contributed by atoms with Crippen LogP contribution in [0, 0.1) is 18.6 Å². The molecule has 232 valence electrons. The Balaban J connectivity index is 1.53. The largest absolute Gasteiger partial charge is 0.325 e. The highest BCUT2D eigenvalue weighted by Crippen LogP contribution is 2.49. The molecule has 3 aromatic heterocycles. The summed E-state index contributed by atoms with van der Waals surface area (Å²) in [6, 6.07) is 3.13. The van der Waals surface area contributed by atoms with Gasteiger partial charge in [-0.2, -0.15) is 15.2 Å². The van der Waals surface area contributed by atoms with E-state index in [1.165, 1.54) is 25.0 Å². The Morgan fingerprint density at radius 2 is 1.80 bits per heavy atom. The third-order valence-corrected chi connectivity index (χ3v) is 8.55. The fourth-order valence-corrected chi connectivity index (χ4v) is 5.75. The van der Waals surface area contributed by atoms with Gasteiger partial charge in [0.25, 0.3) is 11.8 Å². The number of sulfone groups is 1. The maximum Gasteiger partial charge on any atom is 0.282 e. The molecule has 1 saturated heterocycles. The Hall–Kier alpha value is -4.54. The number of aromatic amines is 1. The third-order valence-electron chi connectivity index (χ3n) is 7.45. The van der Waals surface area contributed by atoms with Gasteiger partial charge in [-0.3, -0.25) is 14.6 Å². The van der Waals surface area contributed by atoms with Gasteiger partial charge in [0.1, 0.15) is 17.2 Å². The van der Waals surface area contributed by atoms with Gasteiger partial charge in [-0.15, -0.1) is 0 Å². The van der Waals surface area contributed by atoms with E-state index in [-0.39, 0.29) is 34.6 Å². The number of rotatable bonds is 8. The molecule has 1 aliphatic carbocycles. The summed E-state index contributed by atoms with van der Waals surface area (Å²) in [7, 11) is -1.11. The van der Waals surface area contributed by atoms with Crippen molar-refractivity contribution in [3.8, 4) is 11.3 Å². The van der Waals surface area contributed by atoms with Gasteiger partial charge in [0.15, 0.2) is 27.3 Å². The molecule has 6 rings (SSSR count). The summed E-state index contributed by atoms with van der Waals surface area (Å²) < 4.78 is 83.0. The first-order valence-corrected chi connectivity index (χ1v) is 15.4. The van der Waals surface area contributed by atoms with Crippen LogP contribution in [0.4, 0.5) is 40.8 Å². The Morgan fingerprint density at radius 3 is 2.34 bits per heavy atom. The summed E-state index contributed by atoms with van der Waals surface area (Å²) in [6.07, 6.45) is 3.74. The fourth-order valence-electron chi connectivity index (χ4n) is 5.12. The molecule has 4 aromatic rings. The molecule has 17 heteroatoms. The van der Waals surface area contributed by atoms with E-state index in [4.69, 9.17) is 0 Å². The summed E-state index contributed by atoms with van der Waals surface area (Å²) in [5, 5.41) is 14.4. The lowest BCUT2D eigenvalue weighted by Crippen LogP contribution is -2.58. The lowest BCUT2D eigenvalue weighted by atomic mass is 10.0. The topological polar surface area (TPSA) is 142 Å². The average molecular weight is 634 g/mol. The van der Waals surface area contributed by atoms with Gasteiger partial charge in [0, 0.05) is 37.7 Å². The number of anilines is 4. The van der Waals surface area contributed by atoms with E-state index in [0.29, 0.717) is 23.5 Å². The molecule has 12 nitrogen and oxygen atoms in total. The first-order valence-electron chi connectivity index (χ1n) is 13.5. The van der Waals surface area contributed by atoms with Crippen LogP contribution in [-0.4, -0.2) is 81.5 Å². The van der Waals surface area contributed by atoms with E-state index >= 15 is 8.78 Å². The number of benzene rings is 1. The van der Waals surface area contributed by atoms with Crippen LogP contribution >= 0.6 is 0 Å². The standard InChI is InChI=1S/C27H27F4N9O3S/c1-13-7-19(37-36-13)33-24-20(14-5-6-14)21(16-10-32-39(3)22(16)25(41)40-11-27(30,31)12-40)34-26(35-24)38(2)23-17(28)8-15(9-18(23)29)44(4,42)43/h7-10,14H,5-6,11-12H2,1-4H3,(H2,33,34,35,36,37). The molecule has 0 spiro atoms. The number of carbonyl (C=O) groups is 1. The van der Waals surface area contributed by atoms with E-state index in [1.54, 1.807) is 13.0 Å². The van der Waals surface area contributed by atoms with E-state index in [9.17, 15) is 22.0 Å². The number of H-pyrrole nitrogens is 1. The summed E-state index contributed by atoms with van der Waals surface area (Å²) in [6.45, 7) is 0.317. The van der Waals surface area contributed by atoms with Crippen LogP contribution in [0.15, 0.2) is 29.3 Å². The van der Waals surface area contributed by atoms with Gasteiger partial charge in [0.05, 0.1) is 35.4 Å². The second kappa shape index (κ2) is 10.3. The number of aryl methyl sites for hydroxylation is 2. The molecular formula is C27H27F4N9O3S. The van der Waals surface area contributed by atoms with Crippen LogP contribution in [-0.2, 0) is 16.9 Å². The van der Waals surface area contributed by atoms with Crippen LogP contribution in [0.5, 0.6) is 0 Å². The zero-order valence-electron chi connectivity index (χ0n) is 24.0. The number of halogens is 4. The van der Waals surface area contributed by atoms with E-state index in [0.717, 1.165) is 34.6 Å². The molecule has 1 amide bonds. The Kier molecular flexibility index (Phi) is 6.90. The van der Waals surface area contributed by atoms with E-state index < -0.39 is 57.0 Å². The summed E-state index contributed by atoms with van der Waals surface area (Å²) in [5.41, 5.74) is 1.17. The average Bonchev–Trinajstić information content (AvgIpc) is 3.56. The molecule has 0 bridgehead atoms. The number of nitrogens with zero attached hydrogens (tertiary/aromatic N) is 7. The monoisotopic (exact) mass is 633 g/mol. The van der Waals surface area contributed by atoms with Crippen LogP contribution in [0.3, 0.4) is 0 Å². The molecule has 0 atom stereocenters. The molecule has 2 aliphatic rings. The van der Waals surface area contributed by atoms with Crippen LogP contribution < -0.4 is 10.2 Å². The molecule has 2 N–H and O–H groups in total. The second-order valence-electron chi connectivity index (χ2n) is 11.1. The summed E-state index contributed by atoms with van der Waals surface area (Å²) >= 11 is 0. The van der Waals surface area contributed by atoms with Crippen molar-refractivity contribution in [3.05, 3.63) is 53.0 Å². The van der Waals surface area contributed by atoms with Crippen molar-refractivity contribution in [1.29, 1.82) is 0 Å². The van der Waals surface area contributed by atoms with Gasteiger partial charge in [0.2, 0.25) is 5.95 Å². The van der Waals surface area contributed by atoms with Crippen LogP contribution in [0.25, 0.3) is 11.3 Å². The SMILES string of the molecule is Cc1cc(Nc2nc(N(C)c3c(F)cc(S(C)(=O)=O)cc3F)nc(-c3cnn(C)c3C(=O)N3CC(F)(F)C3)c2C2CC2)n[nH]1. The molecule has 0 unspecified atom stereocenters. The first kappa shape index (κ1) is 29.5. The minimum absolute atomic E-state index is 0.00568. The normalized spacial score (nSPS) is 16.1. The van der Waals surface area contributed by atoms with E-state index in [2.05, 4.69) is 30.6 Å². The highest BCUT2D eigenvalue weighted by Gasteiger charge is 2.47. The maximum atomic E-state index is 15.3. The molecule has 4 heterocycles. The van der Waals surface area contributed by atoms with Gasteiger partial charge >= 0.3 is 0 Å². The van der Waals surface area contributed by atoms with Crippen molar-refractivity contribution >= 4 is 39.0 Å². The second-order valence-corrected chi connectivity index (χ2v) is 13.1. The van der Waals surface area contributed by atoms with Crippen molar-refractivity contribution in [3.63, 3.8) is 0 Å². The molecular weight excluding hydrogens is 606 g/mol. The highest BCUT2D eigenvalue weighted by atomic mass is 32.2. The Bertz CT molecular complexity index is 1890. The van der Waals surface area contributed by atoms with Crippen LogP contribution in [0.2, 0.25) is 0 Å². The smallest absolute Gasteiger partial charge is 0.282 e. The lowest BCUT2D eigenvalue weighted by molar-refractivity contribution is -0.113. The lowest BCUT2D eigenvalue weighted by Gasteiger charge is -2.38.